The zero-order chi connectivity index (χ0) is 14.8. The first kappa shape index (κ1) is 15.0. The van der Waals surface area contributed by atoms with E-state index in [4.69, 9.17) is 5.11 Å². The van der Waals surface area contributed by atoms with Crippen LogP contribution in [0.3, 0.4) is 0 Å². The number of benzene rings is 1. The fourth-order valence-corrected chi connectivity index (χ4v) is 4.40. The molecule has 20 heavy (non-hydrogen) atoms. The van der Waals surface area contributed by atoms with Gasteiger partial charge in [0.15, 0.2) is 0 Å². The third kappa shape index (κ3) is 2.84. The smallest absolute Gasteiger partial charge is 0.265 e. The molecule has 2 rings (SSSR count). The lowest BCUT2D eigenvalue weighted by molar-refractivity contribution is 0.285. The van der Waals surface area contributed by atoms with E-state index in [1.54, 1.807) is 6.92 Å². The van der Waals surface area contributed by atoms with Crippen LogP contribution >= 0.6 is 11.3 Å². The van der Waals surface area contributed by atoms with Crippen LogP contribution in [0, 0.1) is 5.82 Å². The fourth-order valence-electron chi connectivity index (χ4n) is 1.80. The van der Waals surface area contributed by atoms with Gasteiger partial charge in [-0.05, 0) is 37.3 Å². The zero-order valence-corrected chi connectivity index (χ0v) is 12.4. The molecule has 4 nitrogen and oxygen atoms in total. The number of rotatable bonds is 5. The van der Waals surface area contributed by atoms with Crippen LogP contribution in [0.15, 0.2) is 40.6 Å². The van der Waals surface area contributed by atoms with Gasteiger partial charge in [0.2, 0.25) is 0 Å². The highest BCUT2D eigenvalue weighted by Gasteiger charge is 2.24. The summed E-state index contributed by atoms with van der Waals surface area (Å²) >= 11 is 1.19. The van der Waals surface area contributed by atoms with Crippen LogP contribution in [-0.4, -0.2) is 20.1 Å². The Balaban J connectivity index is 2.41. The lowest BCUT2D eigenvalue weighted by atomic mass is 10.3. The Labute approximate surface area is 121 Å². The average molecular weight is 315 g/mol. The minimum absolute atomic E-state index is 0.137. The first-order valence-corrected chi connectivity index (χ1v) is 8.27. The molecule has 0 aliphatic heterocycles. The lowest BCUT2D eigenvalue weighted by Crippen LogP contribution is -2.30. The highest BCUT2D eigenvalue weighted by molar-refractivity contribution is 7.93. The number of hydrogen-bond acceptors (Lipinski definition) is 4. The van der Waals surface area contributed by atoms with Crippen LogP contribution in [0.2, 0.25) is 0 Å². The molecule has 0 atom stereocenters. The third-order valence-electron chi connectivity index (χ3n) is 2.78. The molecule has 0 aliphatic carbocycles. The quantitative estimate of drug-likeness (QED) is 0.922. The fraction of sp³-hybridized carbons (Fsp3) is 0.231. The minimum Gasteiger partial charge on any atom is -0.391 e. The molecule has 0 saturated heterocycles. The predicted molar refractivity (Wildman–Crippen MR) is 76.8 cm³/mol. The second kappa shape index (κ2) is 5.90. The van der Waals surface area contributed by atoms with Crippen LogP contribution in [-0.2, 0) is 16.6 Å². The van der Waals surface area contributed by atoms with Gasteiger partial charge in [-0.25, -0.2) is 12.8 Å². The zero-order valence-electron chi connectivity index (χ0n) is 10.8. The van der Waals surface area contributed by atoms with Crippen LogP contribution in [0.4, 0.5) is 10.1 Å². The molecule has 0 fully saturated rings. The van der Waals surface area contributed by atoms with Gasteiger partial charge >= 0.3 is 0 Å². The van der Waals surface area contributed by atoms with Crippen molar-refractivity contribution in [1.29, 1.82) is 0 Å². The summed E-state index contributed by atoms with van der Waals surface area (Å²) in [6.45, 7) is 1.75. The number of sulfonamides is 1. The Kier molecular flexibility index (Phi) is 4.42. The van der Waals surface area contributed by atoms with E-state index in [1.807, 2.05) is 0 Å². The lowest BCUT2D eigenvalue weighted by Gasteiger charge is -2.22. The Morgan fingerprint density at radius 2 is 1.95 bits per heavy atom. The summed E-state index contributed by atoms with van der Waals surface area (Å²) < 4.78 is 39.2. The summed E-state index contributed by atoms with van der Waals surface area (Å²) in [6.07, 6.45) is 0. The Hall–Kier alpha value is -1.44. The molecule has 1 N–H and O–H groups in total. The summed E-state index contributed by atoms with van der Waals surface area (Å²) in [4.78, 5) is 0.719. The first-order chi connectivity index (χ1) is 9.48. The van der Waals surface area contributed by atoms with Crippen molar-refractivity contribution in [3.05, 3.63) is 46.4 Å². The van der Waals surface area contributed by atoms with Crippen LogP contribution < -0.4 is 4.31 Å². The van der Waals surface area contributed by atoms with Crippen molar-refractivity contribution in [3.8, 4) is 0 Å². The maximum atomic E-state index is 12.9. The average Bonchev–Trinajstić information content (AvgIpc) is 2.91. The summed E-state index contributed by atoms with van der Waals surface area (Å²) in [5.74, 6) is -0.416. The van der Waals surface area contributed by atoms with Gasteiger partial charge in [0.1, 0.15) is 5.82 Å². The van der Waals surface area contributed by atoms with Gasteiger partial charge < -0.3 is 5.11 Å². The second-order valence-electron chi connectivity index (χ2n) is 4.05. The summed E-state index contributed by atoms with van der Waals surface area (Å²) in [7, 11) is -3.70. The van der Waals surface area contributed by atoms with Gasteiger partial charge in [-0.1, -0.05) is 0 Å². The van der Waals surface area contributed by atoms with Crippen molar-refractivity contribution in [2.45, 2.75) is 18.4 Å². The van der Waals surface area contributed by atoms with E-state index < -0.39 is 15.8 Å². The first-order valence-electron chi connectivity index (χ1n) is 5.95. The molecule has 2 aromatic rings. The van der Waals surface area contributed by atoms with Gasteiger partial charge in [-0.3, -0.25) is 4.31 Å². The van der Waals surface area contributed by atoms with E-state index in [0.29, 0.717) is 10.6 Å². The van der Waals surface area contributed by atoms with Crippen molar-refractivity contribution in [2.75, 3.05) is 10.8 Å². The Morgan fingerprint density at radius 1 is 1.30 bits per heavy atom. The number of aliphatic hydroxyl groups is 1. The number of hydrogen-bond donors (Lipinski definition) is 1. The summed E-state index contributed by atoms with van der Waals surface area (Å²) in [5.41, 5.74) is 0.408. The van der Waals surface area contributed by atoms with Crippen LogP contribution in [0.25, 0.3) is 0 Å². The topological polar surface area (TPSA) is 57.6 Å². The molecule has 1 aromatic heterocycles. The molecule has 1 heterocycles. The van der Waals surface area contributed by atoms with Crippen LogP contribution in [0.1, 0.15) is 11.8 Å². The molecule has 7 heteroatoms. The standard InChI is InChI=1S/C13H14FNO3S2/c1-2-15(11-5-3-10(14)4-6-11)20(17,18)13-7-12(8-16)19-9-13/h3-7,9,16H,2,8H2,1H3. The summed E-state index contributed by atoms with van der Waals surface area (Å²) in [5, 5.41) is 10.5. The van der Waals surface area contributed by atoms with Gasteiger partial charge in [-0.2, -0.15) is 0 Å². The number of halogens is 1. The largest absolute Gasteiger partial charge is 0.391 e. The second-order valence-corrected chi connectivity index (χ2v) is 6.91. The molecule has 0 saturated carbocycles. The molecule has 0 bridgehead atoms. The van der Waals surface area contributed by atoms with Crippen molar-refractivity contribution < 1.29 is 17.9 Å². The van der Waals surface area contributed by atoms with E-state index in [9.17, 15) is 12.8 Å². The van der Waals surface area contributed by atoms with Gasteiger partial charge in [0, 0.05) is 16.8 Å². The van der Waals surface area contributed by atoms with Gasteiger partial charge in [-0.15, -0.1) is 11.3 Å². The highest BCUT2D eigenvalue weighted by Crippen LogP contribution is 2.27. The molecule has 108 valence electrons. The van der Waals surface area contributed by atoms with E-state index >= 15 is 0 Å². The summed E-state index contributed by atoms with van der Waals surface area (Å²) in [6, 6.07) is 6.75. The number of nitrogens with zero attached hydrogens (tertiary/aromatic N) is 1. The Bertz CT molecular complexity index is 680. The number of anilines is 1. The molecule has 0 spiro atoms. The maximum absolute atomic E-state index is 12.9. The molecule has 0 radical (unpaired) electrons. The molecule has 0 unspecified atom stereocenters. The highest BCUT2D eigenvalue weighted by atomic mass is 32.2. The molecular weight excluding hydrogens is 301 g/mol. The number of thiophene rings is 1. The molecular formula is C13H14FNO3S2. The minimum atomic E-state index is -3.70. The van der Waals surface area contributed by atoms with E-state index in [-0.39, 0.29) is 18.0 Å². The van der Waals surface area contributed by atoms with Crippen molar-refractivity contribution in [3.63, 3.8) is 0 Å². The van der Waals surface area contributed by atoms with Crippen molar-refractivity contribution in [1.82, 2.24) is 0 Å². The molecule has 0 aliphatic rings. The molecule has 1 aromatic carbocycles. The predicted octanol–water partition coefficient (Wildman–Crippen LogP) is 2.59. The monoisotopic (exact) mass is 315 g/mol. The van der Waals surface area contributed by atoms with E-state index in [2.05, 4.69) is 0 Å². The third-order valence-corrected chi connectivity index (χ3v) is 5.73. The van der Waals surface area contributed by atoms with Crippen LogP contribution in [0.5, 0.6) is 0 Å². The Morgan fingerprint density at radius 3 is 2.45 bits per heavy atom. The molecule has 0 amide bonds. The SMILES string of the molecule is CCN(c1ccc(F)cc1)S(=O)(=O)c1csc(CO)c1. The van der Waals surface area contributed by atoms with Crippen molar-refractivity contribution >= 4 is 27.0 Å². The van der Waals surface area contributed by atoms with E-state index in [0.717, 1.165) is 0 Å². The number of aliphatic hydroxyl groups excluding tert-OH is 1. The van der Waals surface area contributed by atoms with Gasteiger partial charge in [0.25, 0.3) is 10.0 Å². The van der Waals surface area contributed by atoms with Gasteiger partial charge in [0.05, 0.1) is 17.2 Å². The van der Waals surface area contributed by atoms with E-state index in [1.165, 1.54) is 51.4 Å². The maximum Gasteiger partial charge on any atom is 0.265 e. The normalized spacial score (nSPS) is 11.6. The van der Waals surface area contributed by atoms with Crippen molar-refractivity contribution in [2.24, 2.45) is 0 Å².